The minimum absolute atomic E-state index is 0.597. The Hall–Kier alpha value is -8.66. The highest BCUT2D eigenvalue weighted by Crippen LogP contribution is 2.42. The molecular formula is C63H36N2OS. The summed E-state index contributed by atoms with van der Waals surface area (Å²) < 4.78 is 9.33. The molecule has 0 amide bonds. The van der Waals surface area contributed by atoms with Gasteiger partial charge in [-0.25, -0.2) is 9.98 Å². The summed E-state index contributed by atoms with van der Waals surface area (Å²) in [6.07, 6.45) is 2.00. The number of aliphatic imine (C=N–C) groups is 2. The van der Waals surface area contributed by atoms with E-state index in [0.29, 0.717) is 11.5 Å². The van der Waals surface area contributed by atoms with Crippen LogP contribution in [0.1, 0.15) is 16.7 Å². The lowest BCUT2D eigenvalue weighted by Crippen LogP contribution is -2.06. The van der Waals surface area contributed by atoms with E-state index in [9.17, 15) is 0 Å². The van der Waals surface area contributed by atoms with Gasteiger partial charge in [-0.3, -0.25) is 0 Å². The molecule has 3 heterocycles. The quantitative estimate of drug-likeness (QED) is 0.121. The second kappa shape index (κ2) is 14.9. The molecule has 0 atom stereocenters. The molecule has 0 unspecified atom stereocenters. The molecule has 0 radical (unpaired) electrons. The molecule has 2 aromatic heterocycles. The maximum atomic E-state index is 6.73. The van der Waals surface area contributed by atoms with Crippen molar-refractivity contribution >= 4 is 103 Å². The van der Waals surface area contributed by atoms with Gasteiger partial charge in [-0.1, -0.05) is 176 Å². The Balaban J connectivity index is 0.899. The average molecular weight is 869 g/mol. The molecule has 14 rings (SSSR count). The smallest absolute Gasteiger partial charge is 0.161 e. The lowest BCUT2D eigenvalue weighted by molar-refractivity contribution is 0.669. The SMILES string of the molecule is C1=CC(c2ccccc2-c2cccc(-c3cccc4c3sc3ccccc34)c2)=NC(c2cccc3oc4cc(-c5cc6ccc7cccc8ccc(c5)c6c78)ccc4c23)=NC=1c1ccccc1. The van der Waals surface area contributed by atoms with Gasteiger partial charge in [0.05, 0.1) is 5.71 Å². The fourth-order valence-corrected chi connectivity index (χ4v) is 11.6. The van der Waals surface area contributed by atoms with Crippen molar-refractivity contribution in [2.24, 2.45) is 9.98 Å². The molecule has 0 saturated carbocycles. The fraction of sp³-hybridized carbons (Fsp3) is 0. The molecule has 1 aliphatic rings. The summed E-state index contributed by atoms with van der Waals surface area (Å²) in [6, 6.07) is 76.0. The molecule has 11 aromatic carbocycles. The Bertz CT molecular complexity index is 4250. The first-order valence-electron chi connectivity index (χ1n) is 22.6. The summed E-state index contributed by atoms with van der Waals surface area (Å²) in [5.41, 5.74) is 16.4. The van der Waals surface area contributed by atoms with E-state index in [2.05, 4.69) is 188 Å². The molecule has 0 N–H and O–H groups in total. The molecule has 0 fully saturated rings. The summed E-state index contributed by atoms with van der Waals surface area (Å²) in [4.78, 5) is 10.8. The predicted molar refractivity (Wildman–Crippen MR) is 284 cm³/mol. The van der Waals surface area contributed by atoms with Gasteiger partial charge in [0.1, 0.15) is 16.9 Å². The third kappa shape index (κ3) is 6.12. The van der Waals surface area contributed by atoms with E-state index < -0.39 is 0 Å². The molecule has 0 saturated heterocycles. The van der Waals surface area contributed by atoms with E-state index in [-0.39, 0.29) is 0 Å². The number of rotatable bonds is 6. The second-order valence-corrected chi connectivity index (χ2v) is 18.4. The van der Waals surface area contributed by atoms with Gasteiger partial charge in [0.15, 0.2) is 5.84 Å². The van der Waals surface area contributed by atoms with Crippen LogP contribution in [0.4, 0.5) is 0 Å². The van der Waals surface area contributed by atoms with Crippen LogP contribution in [0.15, 0.2) is 239 Å². The number of furan rings is 1. The van der Waals surface area contributed by atoms with E-state index >= 15 is 0 Å². The number of benzene rings is 11. The minimum Gasteiger partial charge on any atom is -0.456 e. The summed E-state index contributed by atoms with van der Waals surface area (Å²) >= 11 is 1.86. The first-order valence-corrected chi connectivity index (χ1v) is 23.4. The van der Waals surface area contributed by atoms with Crippen LogP contribution in [0.3, 0.4) is 0 Å². The topological polar surface area (TPSA) is 37.9 Å². The van der Waals surface area contributed by atoms with Crippen molar-refractivity contribution < 1.29 is 4.42 Å². The van der Waals surface area contributed by atoms with Crippen LogP contribution in [0.25, 0.3) is 114 Å². The molecule has 13 aromatic rings. The van der Waals surface area contributed by atoms with Crippen molar-refractivity contribution in [3.63, 3.8) is 0 Å². The van der Waals surface area contributed by atoms with Gasteiger partial charge in [-0.2, -0.15) is 0 Å². The van der Waals surface area contributed by atoms with Crippen LogP contribution < -0.4 is 0 Å². The highest BCUT2D eigenvalue weighted by atomic mass is 32.1. The molecule has 67 heavy (non-hydrogen) atoms. The zero-order chi connectivity index (χ0) is 44.0. The first kappa shape index (κ1) is 37.7. The molecule has 3 nitrogen and oxygen atoms in total. The van der Waals surface area contributed by atoms with Crippen molar-refractivity contribution in [1.29, 1.82) is 0 Å². The average Bonchev–Trinajstić information content (AvgIpc) is 3.88. The molecule has 0 bridgehead atoms. The number of allylic oxidation sites excluding steroid dienone is 1. The van der Waals surface area contributed by atoms with E-state index in [1.807, 2.05) is 47.7 Å². The van der Waals surface area contributed by atoms with Gasteiger partial charge in [0.25, 0.3) is 0 Å². The van der Waals surface area contributed by atoms with Crippen LogP contribution in [0.5, 0.6) is 0 Å². The van der Waals surface area contributed by atoms with Gasteiger partial charge in [-0.05, 0) is 108 Å². The Morgan fingerprint density at radius 3 is 1.87 bits per heavy atom. The van der Waals surface area contributed by atoms with Crippen molar-refractivity contribution in [3.8, 4) is 33.4 Å². The van der Waals surface area contributed by atoms with Crippen molar-refractivity contribution in [2.75, 3.05) is 0 Å². The molecule has 0 aliphatic carbocycles. The van der Waals surface area contributed by atoms with Crippen molar-refractivity contribution in [2.45, 2.75) is 0 Å². The molecule has 310 valence electrons. The standard InChI is InChI=1S/C63H36N2OS/c1-2-12-38(13-3-1)54-32-33-55(49-19-5-4-18-47(49)42-16-9-17-43(34-42)48-21-10-22-51-50-20-6-7-25-58(50)67-62(48)51)65-63(64-54)53-23-11-24-56-61(53)52-31-30-41(37-57(52)66-56)46-35-44-28-26-39-14-8-15-40-27-29-45(36-46)60(44)59(39)40/h1-31,33-37H. The van der Waals surface area contributed by atoms with E-state index in [1.165, 1.54) is 63.6 Å². The van der Waals surface area contributed by atoms with Crippen LogP contribution >= 0.6 is 11.3 Å². The summed E-state index contributed by atoms with van der Waals surface area (Å²) in [5, 5.41) is 12.2. The third-order valence-corrected chi connectivity index (χ3v) is 14.7. The fourth-order valence-electron chi connectivity index (χ4n) is 10.3. The van der Waals surface area contributed by atoms with Crippen molar-refractivity contribution in [3.05, 3.63) is 241 Å². The maximum absolute atomic E-state index is 6.73. The van der Waals surface area contributed by atoms with E-state index in [0.717, 1.165) is 66.6 Å². The van der Waals surface area contributed by atoms with Gasteiger partial charge >= 0.3 is 0 Å². The van der Waals surface area contributed by atoms with Gasteiger partial charge in [-0.15, -0.1) is 11.3 Å². The number of hydrogen-bond donors (Lipinski definition) is 0. The molecule has 1 aliphatic heterocycles. The summed E-state index contributed by atoms with van der Waals surface area (Å²) in [7, 11) is 0. The first-order chi connectivity index (χ1) is 33.2. The van der Waals surface area contributed by atoms with Gasteiger partial charge in [0.2, 0.25) is 0 Å². The van der Waals surface area contributed by atoms with E-state index in [1.54, 1.807) is 0 Å². The zero-order valence-corrected chi connectivity index (χ0v) is 36.8. The normalized spacial score (nSPS) is 13.0. The second-order valence-electron chi connectivity index (χ2n) is 17.3. The van der Waals surface area contributed by atoms with Crippen LogP contribution in [0.2, 0.25) is 0 Å². The van der Waals surface area contributed by atoms with Gasteiger partial charge in [0, 0.05) is 53.7 Å². The Morgan fingerprint density at radius 1 is 0.373 bits per heavy atom. The van der Waals surface area contributed by atoms with Crippen LogP contribution in [-0.2, 0) is 0 Å². The highest BCUT2D eigenvalue weighted by Gasteiger charge is 2.21. The molecule has 0 spiro atoms. The number of fused-ring (bicyclic) bond motifs is 6. The summed E-state index contributed by atoms with van der Waals surface area (Å²) in [6.45, 7) is 0. The maximum Gasteiger partial charge on any atom is 0.161 e. The largest absolute Gasteiger partial charge is 0.456 e. The van der Waals surface area contributed by atoms with Gasteiger partial charge < -0.3 is 4.42 Å². The molecule has 4 heteroatoms. The van der Waals surface area contributed by atoms with Crippen LogP contribution in [0, 0.1) is 0 Å². The Morgan fingerprint density at radius 2 is 1.01 bits per heavy atom. The Labute approximate surface area is 389 Å². The highest BCUT2D eigenvalue weighted by molar-refractivity contribution is 7.26. The lowest BCUT2D eigenvalue weighted by Gasteiger charge is -2.13. The monoisotopic (exact) mass is 868 g/mol. The third-order valence-electron chi connectivity index (χ3n) is 13.5. The Kier molecular flexibility index (Phi) is 8.41. The van der Waals surface area contributed by atoms with Crippen molar-refractivity contribution in [1.82, 2.24) is 0 Å². The number of hydrogen-bond acceptors (Lipinski definition) is 4. The van der Waals surface area contributed by atoms with Crippen LogP contribution in [-0.4, -0.2) is 11.5 Å². The summed E-state index contributed by atoms with van der Waals surface area (Å²) in [5.74, 6) is 0.597. The molecular weight excluding hydrogens is 833 g/mol. The zero-order valence-electron chi connectivity index (χ0n) is 36.0. The predicted octanol–water partition coefficient (Wildman–Crippen LogP) is 17.3. The van der Waals surface area contributed by atoms with E-state index in [4.69, 9.17) is 14.4 Å². The number of amidine groups is 1. The minimum atomic E-state index is 0.597. The number of thiophene rings is 1. The number of nitrogens with zero attached hydrogens (tertiary/aromatic N) is 2. The lowest BCUT2D eigenvalue weighted by atomic mass is 9.91.